The second-order valence-corrected chi connectivity index (χ2v) is 3.87. The highest BCUT2D eigenvalue weighted by atomic mass is 19.1. The normalized spacial score (nSPS) is 19.8. The minimum atomic E-state index is -0.413. The Hall–Kier alpha value is -1.42. The van der Waals surface area contributed by atoms with Crippen molar-refractivity contribution in [3.63, 3.8) is 0 Å². The van der Waals surface area contributed by atoms with Crippen LogP contribution in [0.1, 0.15) is 34.8 Å². The van der Waals surface area contributed by atoms with E-state index in [1.165, 1.54) is 25.3 Å². The average molecular weight is 223 g/mol. The van der Waals surface area contributed by atoms with Crippen molar-refractivity contribution in [3.8, 4) is 0 Å². The Morgan fingerprint density at radius 2 is 2.38 bits per heavy atom. The second kappa shape index (κ2) is 4.61. The Morgan fingerprint density at radius 3 is 3.00 bits per heavy atom. The molecule has 1 atom stereocenters. The maximum absolute atomic E-state index is 13.2. The van der Waals surface area contributed by atoms with Crippen molar-refractivity contribution in [3.05, 3.63) is 35.1 Å². The molecule has 4 heteroatoms. The lowest BCUT2D eigenvalue weighted by atomic mass is 9.99. The average Bonchev–Trinajstić information content (AvgIpc) is 2.81. The van der Waals surface area contributed by atoms with E-state index in [1.54, 1.807) is 0 Å². The molecular weight excluding hydrogens is 209 g/mol. The first-order chi connectivity index (χ1) is 7.72. The molecule has 1 aliphatic rings. The third-order valence-corrected chi connectivity index (χ3v) is 2.85. The Balaban J connectivity index is 2.39. The van der Waals surface area contributed by atoms with Crippen LogP contribution in [0.15, 0.2) is 18.2 Å². The first-order valence-corrected chi connectivity index (χ1v) is 5.33. The number of hydrogen-bond acceptors (Lipinski definition) is 3. The van der Waals surface area contributed by atoms with Crippen LogP contribution in [0.3, 0.4) is 0 Å². The molecule has 1 aromatic rings. The molecule has 0 bridgehead atoms. The second-order valence-electron chi connectivity index (χ2n) is 3.87. The number of hydrogen-bond donors (Lipinski definition) is 1. The van der Waals surface area contributed by atoms with E-state index in [0.717, 1.165) is 19.4 Å². The molecule has 1 fully saturated rings. The molecule has 16 heavy (non-hydrogen) atoms. The van der Waals surface area contributed by atoms with Gasteiger partial charge in [-0.3, -0.25) is 0 Å². The van der Waals surface area contributed by atoms with Crippen LogP contribution in [0.25, 0.3) is 0 Å². The molecular formula is C12H14FNO2. The highest BCUT2D eigenvalue weighted by molar-refractivity contribution is 5.91. The Kier molecular flexibility index (Phi) is 3.19. The third-order valence-electron chi connectivity index (χ3n) is 2.85. The lowest BCUT2D eigenvalue weighted by Crippen LogP contribution is -2.17. The topological polar surface area (TPSA) is 38.3 Å². The fraction of sp³-hybridized carbons (Fsp3) is 0.417. The van der Waals surface area contributed by atoms with E-state index in [1.807, 2.05) is 0 Å². The summed E-state index contributed by atoms with van der Waals surface area (Å²) in [5.41, 5.74) is 1.15. The molecule has 86 valence electrons. The van der Waals surface area contributed by atoms with Crippen LogP contribution in [0.4, 0.5) is 4.39 Å². The molecule has 0 amide bonds. The zero-order valence-corrected chi connectivity index (χ0v) is 9.13. The van der Waals surface area contributed by atoms with E-state index < -0.39 is 5.97 Å². The number of carbonyl (C=O) groups is 1. The summed E-state index contributed by atoms with van der Waals surface area (Å²) in [4.78, 5) is 11.5. The molecule has 0 aliphatic carbocycles. The van der Waals surface area contributed by atoms with Crippen molar-refractivity contribution in [2.75, 3.05) is 13.7 Å². The number of benzene rings is 1. The molecule has 0 radical (unpaired) electrons. The summed E-state index contributed by atoms with van der Waals surface area (Å²) in [5.74, 6) is -0.736. The van der Waals surface area contributed by atoms with Crippen LogP contribution in [-0.2, 0) is 4.74 Å². The lowest BCUT2D eigenvalue weighted by molar-refractivity contribution is 0.0598. The summed E-state index contributed by atoms with van der Waals surface area (Å²) < 4.78 is 17.9. The van der Waals surface area contributed by atoms with Gasteiger partial charge in [0.15, 0.2) is 0 Å². The maximum Gasteiger partial charge on any atom is 0.338 e. The highest BCUT2D eigenvalue weighted by Crippen LogP contribution is 2.27. The van der Waals surface area contributed by atoms with E-state index in [0.29, 0.717) is 11.1 Å². The Bertz CT molecular complexity index is 400. The van der Waals surface area contributed by atoms with Crippen molar-refractivity contribution in [2.45, 2.75) is 18.9 Å². The summed E-state index contributed by atoms with van der Waals surface area (Å²) >= 11 is 0. The number of nitrogens with one attached hydrogen (secondary N) is 1. The SMILES string of the molecule is COC(=O)c1ccc(F)cc1C1CCCN1. The monoisotopic (exact) mass is 223 g/mol. The minimum absolute atomic E-state index is 0.0600. The van der Waals surface area contributed by atoms with Gasteiger partial charge in [-0.25, -0.2) is 9.18 Å². The van der Waals surface area contributed by atoms with Crippen molar-refractivity contribution < 1.29 is 13.9 Å². The predicted molar refractivity (Wildman–Crippen MR) is 57.7 cm³/mol. The lowest BCUT2D eigenvalue weighted by Gasteiger charge is -2.14. The molecule has 3 nitrogen and oxygen atoms in total. The quantitative estimate of drug-likeness (QED) is 0.780. The summed E-state index contributed by atoms with van der Waals surface area (Å²) in [6, 6.07) is 4.24. The zero-order valence-electron chi connectivity index (χ0n) is 9.13. The molecule has 1 unspecified atom stereocenters. The molecule has 1 aliphatic heterocycles. The predicted octanol–water partition coefficient (Wildman–Crippen LogP) is 2.04. The van der Waals surface area contributed by atoms with Crippen LogP contribution >= 0.6 is 0 Å². The van der Waals surface area contributed by atoms with Gasteiger partial charge in [0.05, 0.1) is 12.7 Å². The number of rotatable bonds is 2. The van der Waals surface area contributed by atoms with Gasteiger partial charge in [0.2, 0.25) is 0 Å². The van der Waals surface area contributed by atoms with Gasteiger partial charge in [0, 0.05) is 6.04 Å². The summed E-state index contributed by atoms with van der Waals surface area (Å²) in [6.07, 6.45) is 1.97. The van der Waals surface area contributed by atoms with Crippen molar-refractivity contribution in [2.24, 2.45) is 0 Å². The molecule has 1 heterocycles. The number of methoxy groups -OCH3 is 1. The van der Waals surface area contributed by atoms with Crippen molar-refractivity contribution in [1.29, 1.82) is 0 Å². The van der Waals surface area contributed by atoms with Crippen LogP contribution in [0.5, 0.6) is 0 Å². The number of carbonyl (C=O) groups excluding carboxylic acids is 1. The van der Waals surface area contributed by atoms with Crippen LogP contribution in [-0.4, -0.2) is 19.6 Å². The van der Waals surface area contributed by atoms with E-state index in [-0.39, 0.29) is 11.9 Å². The maximum atomic E-state index is 13.2. The molecule has 1 saturated heterocycles. The van der Waals surface area contributed by atoms with E-state index >= 15 is 0 Å². The number of esters is 1. The molecule has 2 rings (SSSR count). The standard InChI is InChI=1S/C12H14FNO2/c1-16-12(15)9-5-4-8(13)7-10(9)11-3-2-6-14-11/h4-5,7,11,14H,2-3,6H2,1H3. The summed E-state index contributed by atoms with van der Waals surface area (Å²) in [7, 11) is 1.33. The molecule has 1 N–H and O–H groups in total. The van der Waals surface area contributed by atoms with E-state index in [9.17, 15) is 9.18 Å². The van der Waals surface area contributed by atoms with Gasteiger partial charge in [-0.15, -0.1) is 0 Å². The van der Waals surface area contributed by atoms with Crippen molar-refractivity contribution >= 4 is 5.97 Å². The Morgan fingerprint density at radius 1 is 1.56 bits per heavy atom. The number of halogens is 1. The van der Waals surface area contributed by atoms with Gasteiger partial charge in [0.1, 0.15) is 5.82 Å². The van der Waals surface area contributed by atoms with E-state index in [2.05, 4.69) is 10.1 Å². The van der Waals surface area contributed by atoms with Crippen LogP contribution in [0, 0.1) is 5.82 Å². The zero-order chi connectivity index (χ0) is 11.5. The first-order valence-electron chi connectivity index (χ1n) is 5.33. The molecule has 1 aromatic carbocycles. The van der Waals surface area contributed by atoms with Gasteiger partial charge >= 0.3 is 5.97 Å². The van der Waals surface area contributed by atoms with Crippen molar-refractivity contribution in [1.82, 2.24) is 5.32 Å². The van der Waals surface area contributed by atoms with Crippen LogP contribution in [0.2, 0.25) is 0 Å². The summed E-state index contributed by atoms with van der Waals surface area (Å²) in [5, 5.41) is 3.25. The fourth-order valence-electron chi connectivity index (χ4n) is 2.07. The fourth-order valence-corrected chi connectivity index (χ4v) is 2.07. The van der Waals surface area contributed by atoms with E-state index in [4.69, 9.17) is 0 Å². The van der Waals surface area contributed by atoms with Gasteiger partial charge in [0.25, 0.3) is 0 Å². The minimum Gasteiger partial charge on any atom is -0.465 e. The summed E-state index contributed by atoms with van der Waals surface area (Å²) in [6.45, 7) is 0.905. The molecule has 0 saturated carbocycles. The Labute approximate surface area is 93.6 Å². The highest BCUT2D eigenvalue weighted by Gasteiger charge is 2.22. The van der Waals surface area contributed by atoms with Gasteiger partial charge < -0.3 is 10.1 Å². The van der Waals surface area contributed by atoms with Gasteiger partial charge in [-0.1, -0.05) is 0 Å². The number of ether oxygens (including phenoxy) is 1. The molecule has 0 spiro atoms. The first kappa shape index (κ1) is 11.1. The van der Waals surface area contributed by atoms with Gasteiger partial charge in [-0.05, 0) is 43.1 Å². The third kappa shape index (κ3) is 2.07. The van der Waals surface area contributed by atoms with Gasteiger partial charge in [-0.2, -0.15) is 0 Å². The smallest absolute Gasteiger partial charge is 0.338 e. The van der Waals surface area contributed by atoms with Crippen LogP contribution < -0.4 is 5.32 Å². The largest absolute Gasteiger partial charge is 0.465 e. The molecule has 0 aromatic heterocycles.